The molecule has 2 rings (SSSR count). The van der Waals surface area contributed by atoms with E-state index in [4.69, 9.17) is 4.74 Å². The van der Waals surface area contributed by atoms with Crippen LogP contribution in [-0.4, -0.2) is 25.6 Å². The van der Waals surface area contributed by atoms with Crippen molar-refractivity contribution in [2.75, 3.05) is 24.6 Å². The Morgan fingerprint density at radius 1 is 1.00 bits per heavy atom. The van der Waals surface area contributed by atoms with Crippen LogP contribution in [0.15, 0.2) is 54.6 Å². The lowest BCUT2D eigenvalue weighted by Gasteiger charge is -2.21. The maximum Gasteiger partial charge on any atom is 0.220 e. The summed E-state index contributed by atoms with van der Waals surface area (Å²) in [5, 5.41) is 2.97. The molecule has 0 saturated carbocycles. The summed E-state index contributed by atoms with van der Waals surface area (Å²) in [4.78, 5) is 14.2. The third kappa shape index (κ3) is 6.49. The molecule has 0 saturated heterocycles. The van der Waals surface area contributed by atoms with Gasteiger partial charge in [-0.2, -0.15) is 0 Å². The van der Waals surface area contributed by atoms with Gasteiger partial charge in [0, 0.05) is 31.7 Å². The lowest BCUT2D eigenvalue weighted by Crippen LogP contribution is -2.23. The van der Waals surface area contributed by atoms with E-state index >= 15 is 0 Å². The number of anilines is 1. The molecule has 134 valence electrons. The van der Waals surface area contributed by atoms with Crippen LogP contribution in [0.2, 0.25) is 0 Å². The van der Waals surface area contributed by atoms with Gasteiger partial charge in [-0.15, -0.1) is 0 Å². The molecule has 0 atom stereocenters. The van der Waals surface area contributed by atoms with E-state index in [1.165, 1.54) is 5.69 Å². The van der Waals surface area contributed by atoms with Gasteiger partial charge in [-0.3, -0.25) is 4.79 Å². The second kappa shape index (κ2) is 10.4. The van der Waals surface area contributed by atoms with Crippen LogP contribution in [0.1, 0.15) is 32.3 Å². The fourth-order valence-corrected chi connectivity index (χ4v) is 2.64. The number of para-hydroxylation sites is 1. The molecular formula is C21H28N2O2. The van der Waals surface area contributed by atoms with E-state index in [0.717, 1.165) is 24.4 Å². The summed E-state index contributed by atoms with van der Waals surface area (Å²) < 4.78 is 5.59. The molecule has 0 radical (unpaired) electrons. The smallest absolute Gasteiger partial charge is 0.220 e. The SMILES string of the molecule is CCN(CC)c1ccc(CNC(=O)CCCOc2ccccc2)cc1. The normalized spacial score (nSPS) is 10.3. The quantitative estimate of drug-likeness (QED) is 0.665. The summed E-state index contributed by atoms with van der Waals surface area (Å²) in [5.41, 5.74) is 2.34. The van der Waals surface area contributed by atoms with E-state index in [1.54, 1.807) is 0 Å². The van der Waals surface area contributed by atoms with Gasteiger partial charge in [0.25, 0.3) is 0 Å². The van der Waals surface area contributed by atoms with E-state index in [-0.39, 0.29) is 5.91 Å². The molecule has 0 heterocycles. The van der Waals surface area contributed by atoms with Gasteiger partial charge >= 0.3 is 0 Å². The third-order valence-corrected chi connectivity index (χ3v) is 4.11. The molecule has 0 aliphatic carbocycles. The van der Waals surface area contributed by atoms with Gasteiger partial charge in [0.15, 0.2) is 0 Å². The summed E-state index contributed by atoms with van der Waals surface area (Å²) in [6.07, 6.45) is 1.19. The van der Waals surface area contributed by atoms with E-state index in [9.17, 15) is 4.79 Å². The van der Waals surface area contributed by atoms with Crippen LogP contribution in [-0.2, 0) is 11.3 Å². The number of nitrogens with one attached hydrogen (secondary N) is 1. The third-order valence-electron chi connectivity index (χ3n) is 4.11. The first-order valence-corrected chi connectivity index (χ1v) is 9.01. The predicted octanol–water partition coefficient (Wildman–Crippen LogP) is 4.01. The number of carbonyl (C=O) groups is 1. The van der Waals surface area contributed by atoms with Gasteiger partial charge in [-0.25, -0.2) is 0 Å². The standard InChI is InChI=1S/C21H28N2O2/c1-3-23(4-2)19-14-12-18(13-15-19)17-22-21(24)11-8-16-25-20-9-6-5-7-10-20/h5-7,9-10,12-15H,3-4,8,11,16-17H2,1-2H3,(H,22,24). The molecule has 4 heteroatoms. The Bertz CT molecular complexity index is 622. The maximum atomic E-state index is 11.9. The van der Waals surface area contributed by atoms with Gasteiger partial charge in [0.2, 0.25) is 5.91 Å². The van der Waals surface area contributed by atoms with Crippen molar-refractivity contribution in [3.63, 3.8) is 0 Å². The summed E-state index contributed by atoms with van der Waals surface area (Å²) >= 11 is 0. The molecule has 25 heavy (non-hydrogen) atoms. The summed E-state index contributed by atoms with van der Waals surface area (Å²) in [6, 6.07) is 18.0. The van der Waals surface area contributed by atoms with Gasteiger partial charge in [0.1, 0.15) is 5.75 Å². The summed E-state index contributed by atoms with van der Waals surface area (Å²) in [5.74, 6) is 0.903. The predicted molar refractivity (Wildman–Crippen MR) is 103 cm³/mol. The number of carbonyl (C=O) groups excluding carboxylic acids is 1. The lowest BCUT2D eigenvalue weighted by molar-refractivity contribution is -0.121. The molecule has 0 aliphatic rings. The van der Waals surface area contributed by atoms with Crippen molar-refractivity contribution in [1.29, 1.82) is 0 Å². The van der Waals surface area contributed by atoms with Gasteiger partial charge in [-0.1, -0.05) is 30.3 Å². The first-order chi connectivity index (χ1) is 12.2. The van der Waals surface area contributed by atoms with E-state index < -0.39 is 0 Å². The topological polar surface area (TPSA) is 41.6 Å². The molecule has 0 aromatic heterocycles. The summed E-state index contributed by atoms with van der Waals surface area (Å²) in [6.45, 7) is 7.42. The first kappa shape index (κ1) is 18.8. The van der Waals surface area contributed by atoms with Crippen molar-refractivity contribution >= 4 is 11.6 Å². The van der Waals surface area contributed by atoms with E-state index in [2.05, 4.69) is 48.3 Å². The van der Waals surface area contributed by atoms with E-state index in [1.807, 2.05) is 30.3 Å². The molecule has 4 nitrogen and oxygen atoms in total. The Morgan fingerprint density at radius 2 is 1.68 bits per heavy atom. The molecule has 2 aromatic carbocycles. The molecule has 0 bridgehead atoms. The fourth-order valence-electron chi connectivity index (χ4n) is 2.64. The number of benzene rings is 2. The zero-order chi connectivity index (χ0) is 17.9. The van der Waals surface area contributed by atoms with Crippen molar-refractivity contribution < 1.29 is 9.53 Å². The molecule has 2 aromatic rings. The minimum absolute atomic E-state index is 0.0597. The highest BCUT2D eigenvalue weighted by Crippen LogP contribution is 2.15. The Labute approximate surface area is 150 Å². The van der Waals surface area contributed by atoms with Crippen LogP contribution in [0.25, 0.3) is 0 Å². The van der Waals surface area contributed by atoms with Crippen LogP contribution in [0, 0.1) is 0 Å². The maximum absolute atomic E-state index is 11.9. The van der Waals surface area contributed by atoms with Crippen LogP contribution >= 0.6 is 0 Å². The monoisotopic (exact) mass is 340 g/mol. The molecular weight excluding hydrogens is 312 g/mol. The van der Waals surface area contributed by atoms with Gasteiger partial charge in [-0.05, 0) is 50.1 Å². The fraction of sp³-hybridized carbons (Fsp3) is 0.381. The van der Waals surface area contributed by atoms with Crippen molar-refractivity contribution in [2.45, 2.75) is 33.2 Å². The second-order valence-corrected chi connectivity index (χ2v) is 5.88. The number of amides is 1. The molecule has 0 spiro atoms. The van der Waals surface area contributed by atoms with Crippen LogP contribution in [0.5, 0.6) is 5.75 Å². The minimum atomic E-state index is 0.0597. The minimum Gasteiger partial charge on any atom is -0.494 e. The molecule has 0 aliphatic heterocycles. The Balaban J connectivity index is 1.66. The van der Waals surface area contributed by atoms with Crippen molar-refractivity contribution in [2.24, 2.45) is 0 Å². The number of rotatable bonds is 10. The van der Waals surface area contributed by atoms with Gasteiger partial charge in [0.05, 0.1) is 6.61 Å². The second-order valence-electron chi connectivity index (χ2n) is 5.88. The zero-order valence-corrected chi connectivity index (χ0v) is 15.2. The van der Waals surface area contributed by atoms with Crippen molar-refractivity contribution in [3.8, 4) is 5.75 Å². The largest absolute Gasteiger partial charge is 0.494 e. The van der Waals surface area contributed by atoms with Crippen LogP contribution in [0.3, 0.4) is 0 Å². The Hall–Kier alpha value is -2.49. The number of nitrogens with zero attached hydrogens (tertiary/aromatic N) is 1. The molecule has 0 unspecified atom stereocenters. The number of hydrogen-bond acceptors (Lipinski definition) is 3. The number of hydrogen-bond donors (Lipinski definition) is 1. The van der Waals surface area contributed by atoms with Crippen molar-refractivity contribution in [3.05, 3.63) is 60.2 Å². The highest BCUT2D eigenvalue weighted by atomic mass is 16.5. The van der Waals surface area contributed by atoms with Crippen LogP contribution < -0.4 is 15.0 Å². The molecule has 1 amide bonds. The van der Waals surface area contributed by atoms with Gasteiger partial charge < -0.3 is 15.0 Å². The van der Waals surface area contributed by atoms with Crippen LogP contribution in [0.4, 0.5) is 5.69 Å². The van der Waals surface area contributed by atoms with Crippen molar-refractivity contribution in [1.82, 2.24) is 5.32 Å². The average Bonchev–Trinajstić information content (AvgIpc) is 2.66. The number of ether oxygens (including phenoxy) is 1. The van der Waals surface area contributed by atoms with E-state index in [0.29, 0.717) is 26.0 Å². The zero-order valence-electron chi connectivity index (χ0n) is 15.2. The average molecular weight is 340 g/mol. The Morgan fingerprint density at radius 3 is 2.32 bits per heavy atom. The molecule has 1 N–H and O–H groups in total. The highest BCUT2D eigenvalue weighted by molar-refractivity contribution is 5.75. The molecule has 0 fully saturated rings. The summed E-state index contributed by atoms with van der Waals surface area (Å²) in [7, 11) is 0. The first-order valence-electron chi connectivity index (χ1n) is 9.01. The Kier molecular flexibility index (Phi) is 7.83. The lowest BCUT2D eigenvalue weighted by atomic mass is 10.2. The highest BCUT2D eigenvalue weighted by Gasteiger charge is 2.04.